The second kappa shape index (κ2) is 7.62. The molecule has 3 heterocycles. The minimum atomic E-state index is -3.27. The van der Waals surface area contributed by atoms with Crippen LogP contribution in [0.25, 0.3) is 5.78 Å². The molecule has 1 saturated heterocycles. The number of fused-ring (bicyclic) bond motifs is 1. The second-order valence-electron chi connectivity index (χ2n) is 7.51. The first-order chi connectivity index (χ1) is 13.4. The van der Waals surface area contributed by atoms with Crippen LogP contribution in [0.5, 0.6) is 0 Å². The Morgan fingerprint density at radius 3 is 2.50 bits per heavy atom. The van der Waals surface area contributed by atoms with Gasteiger partial charge in [-0.25, -0.2) is 18.4 Å². The van der Waals surface area contributed by atoms with Crippen molar-refractivity contribution in [2.24, 2.45) is 0 Å². The van der Waals surface area contributed by atoms with Crippen LogP contribution in [0.1, 0.15) is 22.6 Å². The Kier molecular flexibility index (Phi) is 5.18. The lowest BCUT2D eigenvalue weighted by Gasteiger charge is -2.31. The molecule has 0 bridgehead atoms. The van der Waals surface area contributed by atoms with Crippen molar-refractivity contribution in [2.45, 2.75) is 26.1 Å². The Morgan fingerprint density at radius 1 is 1.07 bits per heavy atom. The maximum absolute atomic E-state index is 12.7. The van der Waals surface area contributed by atoms with Crippen LogP contribution >= 0.6 is 0 Å². The van der Waals surface area contributed by atoms with E-state index in [1.165, 1.54) is 4.90 Å². The van der Waals surface area contributed by atoms with Crippen molar-refractivity contribution in [3.63, 3.8) is 0 Å². The fourth-order valence-corrected chi connectivity index (χ4v) is 5.33. The number of aryl methyl sites for hydroxylation is 2. The Hall–Kier alpha value is -2.29. The lowest BCUT2D eigenvalue weighted by molar-refractivity contribution is -0.917. The van der Waals surface area contributed by atoms with Crippen LogP contribution in [-0.2, 0) is 22.3 Å². The third-order valence-electron chi connectivity index (χ3n) is 5.26. The Labute approximate surface area is 165 Å². The Bertz CT molecular complexity index is 1070. The fraction of sp³-hybridized carbons (Fsp3) is 0.400. The predicted octanol–water partition coefficient (Wildman–Crippen LogP) is 0.577. The lowest BCUT2D eigenvalue weighted by Crippen LogP contribution is -3.13. The van der Waals surface area contributed by atoms with E-state index in [0.717, 1.165) is 48.1 Å². The molecule has 28 heavy (non-hydrogen) atoms. The Balaban J connectivity index is 1.38. The van der Waals surface area contributed by atoms with E-state index in [1.54, 1.807) is 4.31 Å². The first kappa shape index (κ1) is 19.0. The first-order valence-corrected chi connectivity index (χ1v) is 11.2. The molecular weight excluding hydrogens is 374 g/mol. The summed E-state index contributed by atoms with van der Waals surface area (Å²) in [7, 11) is -3.27. The van der Waals surface area contributed by atoms with Gasteiger partial charge in [0, 0.05) is 17.6 Å². The molecule has 1 fully saturated rings. The third-order valence-corrected chi connectivity index (χ3v) is 7.11. The number of nitrogens with one attached hydrogen (secondary N) is 1. The monoisotopic (exact) mass is 400 g/mol. The van der Waals surface area contributed by atoms with E-state index in [-0.39, 0.29) is 5.75 Å². The van der Waals surface area contributed by atoms with Gasteiger partial charge in [-0.3, -0.25) is 4.40 Å². The number of nitrogens with zero attached hydrogens (tertiary/aromatic N) is 4. The highest BCUT2D eigenvalue weighted by Gasteiger charge is 2.29. The van der Waals surface area contributed by atoms with Crippen molar-refractivity contribution in [3.05, 3.63) is 65.2 Å². The summed E-state index contributed by atoms with van der Waals surface area (Å²) >= 11 is 0. The summed E-state index contributed by atoms with van der Waals surface area (Å²) in [6.45, 7) is 7.48. The topological polar surface area (TPSA) is 72.0 Å². The smallest absolute Gasteiger partial charge is 0.234 e. The number of benzene rings is 1. The summed E-state index contributed by atoms with van der Waals surface area (Å²) in [5.41, 5.74) is 3.91. The maximum atomic E-state index is 12.7. The van der Waals surface area contributed by atoms with E-state index < -0.39 is 10.0 Å². The van der Waals surface area contributed by atoms with Gasteiger partial charge in [0.25, 0.3) is 0 Å². The quantitative estimate of drug-likeness (QED) is 0.680. The van der Waals surface area contributed by atoms with Crippen molar-refractivity contribution in [1.82, 2.24) is 18.7 Å². The Morgan fingerprint density at radius 2 is 1.79 bits per heavy atom. The van der Waals surface area contributed by atoms with E-state index in [9.17, 15) is 8.42 Å². The number of sulfonamides is 1. The van der Waals surface area contributed by atoms with Gasteiger partial charge >= 0.3 is 0 Å². The molecule has 7 nitrogen and oxygen atoms in total. The van der Waals surface area contributed by atoms with Crippen LogP contribution in [0.4, 0.5) is 0 Å². The average molecular weight is 401 g/mol. The zero-order chi connectivity index (χ0) is 19.7. The van der Waals surface area contributed by atoms with Crippen LogP contribution < -0.4 is 4.90 Å². The molecule has 1 aliphatic rings. The summed E-state index contributed by atoms with van der Waals surface area (Å²) in [6, 6.07) is 11.4. The molecule has 148 valence electrons. The van der Waals surface area contributed by atoms with E-state index in [1.807, 2.05) is 53.9 Å². The molecule has 0 amide bonds. The van der Waals surface area contributed by atoms with E-state index in [4.69, 9.17) is 0 Å². The average Bonchev–Trinajstić information content (AvgIpc) is 3.05. The van der Waals surface area contributed by atoms with Crippen LogP contribution in [-0.4, -0.2) is 53.3 Å². The molecule has 0 saturated carbocycles. The zero-order valence-electron chi connectivity index (χ0n) is 16.3. The first-order valence-electron chi connectivity index (χ1n) is 9.58. The van der Waals surface area contributed by atoms with Gasteiger partial charge in [-0.1, -0.05) is 30.3 Å². The number of piperazine rings is 1. The zero-order valence-corrected chi connectivity index (χ0v) is 17.1. The van der Waals surface area contributed by atoms with Crippen molar-refractivity contribution in [3.8, 4) is 0 Å². The predicted molar refractivity (Wildman–Crippen MR) is 108 cm³/mol. The lowest BCUT2D eigenvalue weighted by atomic mass is 10.2. The molecule has 0 unspecified atom stereocenters. The number of quaternary nitrogens is 1. The fourth-order valence-electron chi connectivity index (χ4n) is 3.79. The van der Waals surface area contributed by atoms with Crippen LogP contribution in [0, 0.1) is 13.8 Å². The van der Waals surface area contributed by atoms with Gasteiger partial charge in [-0.05, 0) is 25.5 Å². The third kappa shape index (κ3) is 4.09. The molecule has 2 aromatic heterocycles. The number of aromatic nitrogens is 3. The molecule has 1 aromatic carbocycles. The minimum absolute atomic E-state index is 0.0694. The largest absolute Gasteiger partial charge is 0.328 e. The van der Waals surface area contributed by atoms with Gasteiger partial charge in [0.15, 0.2) is 0 Å². The minimum Gasteiger partial charge on any atom is -0.328 e. The van der Waals surface area contributed by atoms with Crippen molar-refractivity contribution in [2.75, 3.05) is 26.2 Å². The summed E-state index contributed by atoms with van der Waals surface area (Å²) < 4.78 is 29.0. The number of hydrogen-bond acceptors (Lipinski definition) is 4. The molecule has 0 spiro atoms. The van der Waals surface area contributed by atoms with Gasteiger partial charge in [0.2, 0.25) is 15.8 Å². The highest BCUT2D eigenvalue weighted by Crippen LogP contribution is 2.11. The maximum Gasteiger partial charge on any atom is 0.234 e. The second-order valence-corrected chi connectivity index (χ2v) is 9.48. The van der Waals surface area contributed by atoms with E-state index in [0.29, 0.717) is 13.1 Å². The SMILES string of the molecule is Cc1cc(C)n2cc(C[NH+]3CCN(S(=O)(=O)Cc4ccccc4)CC3)nc2n1. The van der Waals surface area contributed by atoms with Crippen LogP contribution in [0.2, 0.25) is 0 Å². The van der Waals surface area contributed by atoms with Crippen molar-refractivity contribution >= 4 is 15.8 Å². The van der Waals surface area contributed by atoms with Crippen LogP contribution in [0.3, 0.4) is 0 Å². The summed E-state index contributed by atoms with van der Waals surface area (Å²) in [4.78, 5) is 10.5. The standard InChI is InChI=1S/C20H25N5O2S/c1-16-12-17(2)25-14-19(22-20(25)21-16)13-23-8-10-24(11-9-23)28(26,27)15-18-6-4-3-5-7-18/h3-7,12,14H,8-11,13,15H2,1-2H3/p+1. The van der Waals surface area contributed by atoms with Gasteiger partial charge in [0.1, 0.15) is 12.2 Å². The van der Waals surface area contributed by atoms with Gasteiger partial charge in [-0.15, -0.1) is 0 Å². The number of rotatable bonds is 5. The molecule has 0 aliphatic carbocycles. The van der Waals surface area contributed by atoms with Gasteiger partial charge < -0.3 is 4.90 Å². The molecule has 3 aromatic rings. The van der Waals surface area contributed by atoms with Crippen molar-refractivity contribution in [1.29, 1.82) is 0 Å². The normalized spacial score (nSPS) is 16.6. The summed E-state index contributed by atoms with van der Waals surface area (Å²) in [5.74, 6) is 0.802. The van der Waals surface area contributed by atoms with Gasteiger partial charge in [-0.2, -0.15) is 4.31 Å². The highest BCUT2D eigenvalue weighted by atomic mass is 32.2. The number of imidazole rings is 1. The highest BCUT2D eigenvalue weighted by molar-refractivity contribution is 7.88. The summed E-state index contributed by atoms with van der Waals surface area (Å²) in [6.07, 6.45) is 2.04. The van der Waals surface area contributed by atoms with E-state index in [2.05, 4.69) is 16.9 Å². The molecule has 8 heteroatoms. The van der Waals surface area contributed by atoms with Crippen LogP contribution in [0.15, 0.2) is 42.6 Å². The molecule has 0 atom stereocenters. The van der Waals surface area contributed by atoms with E-state index >= 15 is 0 Å². The van der Waals surface area contributed by atoms with Crippen molar-refractivity contribution < 1.29 is 13.3 Å². The molecule has 1 N–H and O–H groups in total. The van der Waals surface area contributed by atoms with Gasteiger partial charge in [0.05, 0.1) is 31.9 Å². The molecular formula is C20H26N5O2S+. The molecule has 0 radical (unpaired) electrons. The molecule has 4 rings (SSSR count). The number of hydrogen-bond donors (Lipinski definition) is 1. The summed E-state index contributed by atoms with van der Waals surface area (Å²) in [5, 5.41) is 0. The molecule has 1 aliphatic heterocycles.